The van der Waals surface area contributed by atoms with Crippen molar-refractivity contribution in [3.05, 3.63) is 34.2 Å². The van der Waals surface area contributed by atoms with Crippen molar-refractivity contribution in [2.75, 3.05) is 12.8 Å². The molecule has 2 N–H and O–H groups in total. The standard InChI is InChI=1S/C27H41ClN4O4S/c1-7-18-15-19(9-12-26(3,4)5)29-16-21(18)24-22(28)23(31-32(24)8-2)25(33)30-17-27(34)13-10-20(11-14-27)37(6,35)36/h15-16,20,34H,7-14,17H2,1-6H3,(H,30,33)/t20-,27+. The highest BCUT2D eigenvalue weighted by atomic mass is 35.5. The van der Waals surface area contributed by atoms with Crippen molar-refractivity contribution in [1.29, 1.82) is 0 Å². The summed E-state index contributed by atoms with van der Waals surface area (Å²) in [5.74, 6) is -0.468. The zero-order chi connectivity index (χ0) is 27.6. The van der Waals surface area contributed by atoms with Gasteiger partial charge in [-0.25, -0.2) is 8.42 Å². The van der Waals surface area contributed by atoms with Crippen LogP contribution in [-0.4, -0.2) is 57.8 Å². The average molecular weight is 553 g/mol. The van der Waals surface area contributed by atoms with Crippen molar-refractivity contribution in [3.63, 3.8) is 0 Å². The van der Waals surface area contributed by atoms with Crippen LogP contribution in [0.2, 0.25) is 5.02 Å². The summed E-state index contributed by atoms with van der Waals surface area (Å²) >= 11 is 6.75. The minimum atomic E-state index is -3.14. The molecule has 0 atom stereocenters. The number of carbonyl (C=O) groups is 1. The maximum Gasteiger partial charge on any atom is 0.273 e. The molecule has 0 radical (unpaired) electrons. The first-order valence-electron chi connectivity index (χ1n) is 13.1. The molecule has 1 saturated carbocycles. The van der Waals surface area contributed by atoms with Gasteiger partial charge in [0.1, 0.15) is 9.84 Å². The molecule has 0 aromatic carbocycles. The third kappa shape index (κ3) is 7.33. The predicted molar refractivity (Wildman–Crippen MR) is 148 cm³/mol. The van der Waals surface area contributed by atoms with Crippen LogP contribution in [-0.2, 0) is 29.2 Å². The Labute approximate surface area is 226 Å². The van der Waals surface area contributed by atoms with E-state index >= 15 is 0 Å². The van der Waals surface area contributed by atoms with Crippen molar-refractivity contribution in [2.24, 2.45) is 5.41 Å². The molecular weight excluding hydrogens is 512 g/mol. The maximum atomic E-state index is 13.1. The fraction of sp³-hybridized carbons (Fsp3) is 0.667. The summed E-state index contributed by atoms with van der Waals surface area (Å²) in [6.07, 6.45) is 7.12. The molecule has 8 nitrogen and oxygen atoms in total. The molecule has 0 spiro atoms. The summed E-state index contributed by atoms with van der Waals surface area (Å²) in [6.45, 7) is 11.2. The van der Waals surface area contributed by atoms with Gasteiger partial charge in [0.25, 0.3) is 5.91 Å². The lowest BCUT2D eigenvalue weighted by molar-refractivity contribution is 0.00606. The van der Waals surface area contributed by atoms with Gasteiger partial charge in [-0.1, -0.05) is 39.3 Å². The number of hydrogen-bond acceptors (Lipinski definition) is 6. The number of aryl methyl sites for hydroxylation is 3. The summed E-state index contributed by atoms with van der Waals surface area (Å²) < 4.78 is 25.4. The van der Waals surface area contributed by atoms with Crippen LogP contribution < -0.4 is 5.32 Å². The van der Waals surface area contributed by atoms with Crippen molar-refractivity contribution >= 4 is 27.3 Å². The Hall–Kier alpha value is -1.97. The molecule has 3 rings (SSSR count). The molecular formula is C27H41ClN4O4S. The van der Waals surface area contributed by atoms with E-state index in [1.165, 1.54) is 6.26 Å². The van der Waals surface area contributed by atoms with Crippen molar-refractivity contribution in [1.82, 2.24) is 20.1 Å². The summed E-state index contributed by atoms with van der Waals surface area (Å²) in [7, 11) is -3.14. The Morgan fingerprint density at radius 2 is 1.92 bits per heavy atom. The highest BCUT2D eigenvalue weighted by Crippen LogP contribution is 2.35. The van der Waals surface area contributed by atoms with Gasteiger partial charge in [-0.05, 0) is 68.9 Å². The first-order chi connectivity index (χ1) is 17.2. The molecule has 1 aliphatic rings. The topological polar surface area (TPSA) is 114 Å². The lowest BCUT2D eigenvalue weighted by Gasteiger charge is -2.35. The summed E-state index contributed by atoms with van der Waals surface area (Å²) in [5, 5.41) is 18.0. The Kier molecular flexibility index (Phi) is 9.13. The van der Waals surface area contributed by atoms with Crippen molar-refractivity contribution < 1.29 is 18.3 Å². The molecule has 1 aliphatic carbocycles. The van der Waals surface area contributed by atoms with E-state index < -0.39 is 26.6 Å². The molecule has 2 aromatic rings. The van der Waals surface area contributed by atoms with Crippen LogP contribution >= 0.6 is 11.6 Å². The number of aliphatic hydroxyl groups is 1. The molecule has 1 fully saturated rings. The van der Waals surface area contributed by atoms with Crippen LogP contribution in [0.3, 0.4) is 0 Å². The molecule has 0 aliphatic heterocycles. The van der Waals surface area contributed by atoms with E-state index in [0.717, 1.165) is 36.1 Å². The fourth-order valence-electron chi connectivity index (χ4n) is 4.83. The quantitative estimate of drug-likeness (QED) is 0.469. The van der Waals surface area contributed by atoms with Crippen molar-refractivity contribution in [2.45, 2.75) is 97.0 Å². The molecule has 206 valence electrons. The fourth-order valence-corrected chi connectivity index (χ4v) is 6.24. The second-order valence-electron chi connectivity index (χ2n) is 11.5. The highest BCUT2D eigenvalue weighted by Gasteiger charge is 2.37. The van der Waals surface area contributed by atoms with Gasteiger partial charge in [-0.15, -0.1) is 0 Å². The summed E-state index contributed by atoms with van der Waals surface area (Å²) in [4.78, 5) is 17.8. The van der Waals surface area contributed by atoms with Crippen LogP contribution in [0, 0.1) is 5.41 Å². The number of halogens is 1. The van der Waals surface area contributed by atoms with Crippen LogP contribution in [0.25, 0.3) is 11.3 Å². The largest absolute Gasteiger partial charge is 0.388 e. The van der Waals surface area contributed by atoms with E-state index in [1.54, 1.807) is 4.68 Å². The van der Waals surface area contributed by atoms with E-state index in [4.69, 9.17) is 16.6 Å². The Morgan fingerprint density at radius 3 is 2.46 bits per heavy atom. The number of amides is 1. The molecule has 1 amide bonds. The first kappa shape index (κ1) is 29.6. The summed E-state index contributed by atoms with van der Waals surface area (Å²) in [6, 6.07) is 2.12. The van der Waals surface area contributed by atoms with Gasteiger partial charge in [0.2, 0.25) is 0 Å². The summed E-state index contributed by atoms with van der Waals surface area (Å²) in [5.41, 5.74) is 2.82. The van der Waals surface area contributed by atoms with E-state index in [9.17, 15) is 18.3 Å². The molecule has 2 aromatic heterocycles. The average Bonchev–Trinajstić information content (AvgIpc) is 3.16. The van der Waals surface area contributed by atoms with Gasteiger partial charge in [-0.2, -0.15) is 5.10 Å². The van der Waals surface area contributed by atoms with E-state index in [2.05, 4.69) is 44.2 Å². The number of rotatable bonds is 9. The lowest BCUT2D eigenvalue weighted by Crippen LogP contribution is -2.47. The Bertz CT molecular complexity index is 1230. The van der Waals surface area contributed by atoms with Gasteiger partial charge in [-0.3, -0.25) is 14.5 Å². The zero-order valence-corrected chi connectivity index (χ0v) is 24.5. The lowest BCUT2D eigenvalue weighted by atomic mass is 9.84. The molecule has 0 saturated heterocycles. The molecule has 37 heavy (non-hydrogen) atoms. The van der Waals surface area contributed by atoms with Crippen LogP contribution in [0.1, 0.15) is 88.5 Å². The molecule has 10 heteroatoms. The maximum absolute atomic E-state index is 13.1. The number of pyridine rings is 1. The van der Waals surface area contributed by atoms with E-state index in [0.29, 0.717) is 37.9 Å². The second-order valence-corrected chi connectivity index (χ2v) is 14.2. The van der Waals surface area contributed by atoms with Crippen LogP contribution in [0.5, 0.6) is 0 Å². The van der Waals surface area contributed by atoms with Gasteiger partial charge in [0.05, 0.1) is 21.6 Å². The van der Waals surface area contributed by atoms with E-state index in [1.807, 2.05) is 13.1 Å². The third-order valence-electron chi connectivity index (χ3n) is 7.27. The minimum absolute atomic E-state index is 0.0111. The van der Waals surface area contributed by atoms with Gasteiger partial charge < -0.3 is 10.4 Å². The van der Waals surface area contributed by atoms with Crippen LogP contribution in [0.15, 0.2) is 12.3 Å². The Morgan fingerprint density at radius 1 is 1.27 bits per heavy atom. The molecule has 0 unspecified atom stereocenters. The molecule has 0 bridgehead atoms. The monoisotopic (exact) mass is 552 g/mol. The number of nitrogens with one attached hydrogen (secondary N) is 1. The molecule has 2 heterocycles. The minimum Gasteiger partial charge on any atom is -0.388 e. The second kappa shape index (κ2) is 11.4. The van der Waals surface area contributed by atoms with Gasteiger partial charge in [0, 0.05) is 36.8 Å². The SMILES string of the molecule is CCc1cc(CCC(C)(C)C)ncc1-c1c(Cl)c(C(=O)NC[C@]2(O)CC[C@@H](S(C)(=O)=O)CC2)nn1CC. The zero-order valence-electron chi connectivity index (χ0n) is 22.9. The van der Waals surface area contributed by atoms with Crippen LogP contribution in [0.4, 0.5) is 0 Å². The highest BCUT2D eigenvalue weighted by molar-refractivity contribution is 7.91. The smallest absolute Gasteiger partial charge is 0.273 e. The number of aromatic nitrogens is 3. The number of hydrogen-bond donors (Lipinski definition) is 2. The predicted octanol–water partition coefficient (Wildman–Crippen LogP) is 4.61. The van der Waals surface area contributed by atoms with E-state index in [-0.39, 0.29) is 22.7 Å². The van der Waals surface area contributed by atoms with Crippen molar-refractivity contribution in [3.8, 4) is 11.3 Å². The van der Waals surface area contributed by atoms with Gasteiger partial charge in [0.15, 0.2) is 5.69 Å². The number of nitrogens with zero attached hydrogens (tertiary/aromatic N) is 3. The normalized spacial score (nSPS) is 20.7. The first-order valence-corrected chi connectivity index (χ1v) is 15.4. The number of sulfone groups is 1. The Balaban J connectivity index is 1.79. The number of carbonyl (C=O) groups excluding carboxylic acids is 1. The third-order valence-corrected chi connectivity index (χ3v) is 9.31. The van der Waals surface area contributed by atoms with Gasteiger partial charge >= 0.3 is 0 Å².